The van der Waals surface area contributed by atoms with Crippen molar-refractivity contribution in [2.24, 2.45) is 0 Å². The van der Waals surface area contributed by atoms with Crippen LogP contribution in [0, 0.1) is 20.8 Å². The van der Waals surface area contributed by atoms with Gasteiger partial charge in [0.25, 0.3) is 5.91 Å². The Balaban J connectivity index is 1.82. The van der Waals surface area contributed by atoms with Crippen LogP contribution in [0.4, 0.5) is 5.69 Å². The van der Waals surface area contributed by atoms with E-state index in [1.807, 2.05) is 32.9 Å². The van der Waals surface area contributed by atoms with Crippen LogP contribution in [0.3, 0.4) is 0 Å². The Morgan fingerprint density at radius 1 is 1.04 bits per heavy atom. The summed E-state index contributed by atoms with van der Waals surface area (Å²) in [4.78, 5) is 23.7. The zero-order valence-electron chi connectivity index (χ0n) is 14.4. The molecule has 0 bridgehead atoms. The maximum absolute atomic E-state index is 12.0. The van der Waals surface area contributed by atoms with Crippen molar-refractivity contribution in [2.75, 3.05) is 18.5 Å². The van der Waals surface area contributed by atoms with Crippen molar-refractivity contribution in [1.29, 1.82) is 0 Å². The fourth-order valence-corrected chi connectivity index (χ4v) is 2.63. The monoisotopic (exact) mass is 361 g/mol. The van der Waals surface area contributed by atoms with Crippen molar-refractivity contribution in [2.45, 2.75) is 20.8 Å². The van der Waals surface area contributed by atoms with E-state index in [4.69, 9.17) is 21.1 Å². The molecule has 0 spiro atoms. The Kier molecular flexibility index (Phi) is 6.42. The summed E-state index contributed by atoms with van der Waals surface area (Å²) >= 11 is 5.92. The molecule has 0 aliphatic carbocycles. The second-order valence-corrected chi connectivity index (χ2v) is 6.11. The third-order valence-electron chi connectivity index (χ3n) is 3.49. The van der Waals surface area contributed by atoms with Crippen LogP contribution in [0.5, 0.6) is 5.75 Å². The van der Waals surface area contributed by atoms with Crippen LogP contribution in [-0.4, -0.2) is 25.1 Å². The van der Waals surface area contributed by atoms with E-state index in [-0.39, 0.29) is 13.2 Å². The van der Waals surface area contributed by atoms with Crippen molar-refractivity contribution >= 4 is 29.2 Å². The van der Waals surface area contributed by atoms with Gasteiger partial charge in [-0.05, 0) is 44.0 Å². The molecule has 25 heavy (non-hydrogen) atoms. The Morgan fingerprint density at radius 2 is 1.68 bits per heavy atom. The normalized spacial score (nSPS) is 10.2. The number of halogens is 1. The van der Waals surface area contributed by atoms with Gasteiger partial charge in [0.2, 0.25) is 0 Å². The number of ether oxygens (including phenoxy) is 2. The van der Waals surface area contributed by atoms with E-state index in [1.165, 1.54) is 0 Å². The predicted octanol–water partition coefficient (Wildman–Crippen LogP) is 3.83. The minimum atomic E-state index is -0.646. The van der Waals surface area contributed by atoms with E-state index in [0.29, 0.717) is 10.8 Å². The first-order valence-corrected chi connectivity index (χ1v) is 8.15. The molecule has 0 aromatic heterocycles. The van der Waals surface area contributed by atoms with Crippen LogP contribution in [0.25, 0.3) is 0 Å². The first-order valence-electron chi connectivity index (χ1n) is 7.77. The highest BCUT2D eigenvalue weighted by Gasteiger charge is 2.12. The highest BCUT2D eigenvalue weighted by Crippen LogP contribution is 2.23. The molecule has 5 nitrogen and oxygen atoms in total. The number of aryl methyl sites for hydroxylation is 3. The van der Waals surface area contributed by atoms with Crippen molar-refractivity contribution in [3.63, 3.8) is 0 Å². The Bertz CT molecular complexity index is 766. The van der Waals surface area contributed by atoms with Crippen LogP contribution in [-0.2, 0) is 14.3 Å². The molecule has 1 N–H and O–H groups in total. The molecule has 0 saturated carbocycles. The van der Waals surface area contributed by atoms with Crippen LogP contribution in [0.1, 0.15) is 16.7 Å². The number of carbonyl (C=O) groups is 2. The van der Waals surface area contributed by atoms with Gasteiger partial charge in [-0.25, -0.2) is 4.79 Å². The first-order chi connectivity index (χ1) is 11.9. The molecule has 0 saturated heterocycles. The average molecular weight is 362 g/mol. The summed E-state index contributed by atoms with van der Waals surface area (Å²) in [6, 6.07) is 10.8. The molecule has 0 heterocycles. The van der Waals surface area contributed by atoms with Crippen LogP contribution < -0.4 is 10.1 Å². The highest BCUT2D eigenvalue weighted by atomic mass is 35.5. The zero-order valence-corrected chi connectivity index (χ0v) is 15.1. The van der Waals surface area contributed by atoms with E-state index in [0.717, 1.165) is 22.4 Å². The molecule has 0 aliphatic rings. The number of nitrogens with one attached hydrogen (secondary N) is 1. The molecule has 1 amide bonds. The van der Waals surface area contributed by atoms with Crippen molar-refractivity contribution in [3.05, 3.63) is 58.1 Å². The number of anilines is 1. The summed E-state index contributed by atoms with van der Waals surface area (Å²) < 4.78 is 10.2. The largest absolute Gasteiger partial charge is 0.480 e. The molecule has 6 heteroatoms. The summed E-state index contributed by atoms with van der Waals surface area (Å²) in [5.41, 5.74) is 3.77. The molecular weight excluding hydrogens is 342 g/mol. The summed E-state index contributed by atoms with van der Waals surface area (Å²) in [5.74, 6) is -0.662. The van der Waals surface area contributed by atoms with Gasteiger partial charge in [-0.1, -0.05) is 41.4 Å². The van der Waals surface area contributed by atoms with E-state index in [1.54, 1.807) is 24.3 Å². The van der Waals surface area contributed by atoms with Crippen molar-refractivity contribution in [1.82, 2.24) is 0 Å². The topological polar surface area (TPSA) is 64.6 Å². The van der Waals surface area contributed by atoms with E-state index < -0.39 is 11.9 Å². The summed E-state index contributed by atoms with van der Waals surface area (Å²) in [5, 5.41) is 3.17. The molecule has 2 aromatic carbocycles. The first kappa shape index (κ1) is 18.8. The van der Waals surface area contributed by atoms with Gasteiger partial charge in [-0.15, -0.1) is 0 Å². The SMILES string of the molecule is Cc1cc(C)c(NC(=O)COC(=O)COc2ccccc2Cl)c(C)c1. The molecule has 2 aromatic rings. The molecule has 0 atom stereocenters. The lowest BCUT2D eigenvalue weighted by Crippen LogP contribution is -2.24. The smallest absolute Gasteiger partial charge is 0.344 e. The van der Waals surface area contributed by atoms with Crippen LogP contribution >= 0.6 is 11.6 Å². The third-order valence-corrected chi connectivity index (χ3v) is 3.80. The summed E-state index contributed by atoms with van der Waals surface area (Å²) in [6.07, 6.45) is 0. The van der Waals surface area contributed by atoms with Gasteiger partial charge in [0, 0.05) is 5.69 Å². The summed E-state index contributed by atoms with van der Waals surface area (Å²) in [6.45, 7) is 5.13. The molecule has 132 valence electrons. The van der Waals surface area contributed by atoms with Gasteiger partial charge < -0.3 is 14.8 Å². The van der Waals surface area contributed by atoms with Gasteiger partial charge in [0.1, 0.15) is 5.75 Å². The number of carbonyl (C=O) groups excluding carboxylic acids is 2. The van der Waals surface area contributed by atoms with Crippen molar-refractivity contribution in [3.8, 4) is 5.75 Å². The predicted molar refractivity (Wildman–Crippen MR) is 97.2 cm³/mol. The zero-order chi connectivity index (χ0) is 18.4. The number of rotatable bonds is 6. The summed E-state index contributed by atoms with van der Waals surface area (Å²) in [7, 11) is 0. The highest BCUT2D eigenvalue weighted by molar-refractivity contribution is 6.32. The number of benzene rings is 2. The maximum Gasteiger partial charge on any atom is 0.344 e. The van der Waals surface area contributed by atoms with Crippen LogP contribution in [0.15, 0.2) is 36.4 Å². The lowest BCUT2D eigenvalue weighted by atomic mass is 10.1. The van der Waals surface area contributed by atoms with Gasteiger partial charge in [0.05, 0.1) is 5.02 Å². The Hall–Kier alpha value is -2.53. The van der Waals surface area contributed by atoms with E-state index in [9.17, 15) is 9.59 Å². The molecule has 0 radical (unpaired) electrons. The fourth-order valence-electron chi connectivity index (χ4n) is 2.44. The quantitative estimate of drug-likeness (QED) is 0.794. The van der Waals surface area contributed by atoms with Gasteiger partial charge in [-0.3, -0.25) is 4.79 Å². The second kappa shape index (κ2) is 8.53. The Morgan fingerprint density at radius 3 is 2.32 bits per heavy atom. The van der Waals surface area contributed by atoms with Gasteiger partial charge in [0.15, 0.2) is 13.2 Å². The van der Waals surface area contributed by atoms with Gasteiger partial charge >= 0.3 is 5.97 Å². The fraction of sp³-hybridized carbons (Fsp3) is 0.263. The Labute approximate surface area is 151 Å². The van der Waals surface area contributed by atoms with E-state index >= 15 is 0 Å². The number of hydrogen-bond donors (Lipinski definition) is 1. The second-order valence-electron chi connectivity index (χ2n) is 5.70. The number of amides is 1. The van der Waals surface area contributed by atoms with E-state index in [2.05, 4.69) is 5.32 Å². The molecule has 0 fully saturated rings. The number of esters is 1. The molecular formula is C19H20ClNO4. The minimum absolute atomic E-state index is 0.320. The molecule has 0 unspecified atom stereocenters. The maximum atomic E-state index is 12.0. The van der Waals surface area contributed by atoms with Gasteiger partial charge in [-0.2, -0.15) is 0 Å². The lowest BCUT2D eigenvalue weighted by molar-refractivity contribution is -0.149. The average Bonchev–Trinajstić information content (AvgIpc) is 2.55. The molecule has 2 rings (SSSR count). The lowest BCUT2D eigenvalue weighted by Gasteiger charge is -2.13. The standard InChI is InChI=1S/C19H20ClNO4/c1-12-8-13(2)19(14(3)9-12)21-17(22)10-25-18(23)11-24-16-7-5-4-6-15(16)20/h4-9H,10-11H2,1-3H3,(H,21,22). The molecule has 0 aliphatic heterocycles. The van der Waals surface area contributed by atoms with Crippen molar-refractivity contribution < 1.29 is 19.1 Å². The minimum Gasteiger partial charge on any atom is -0.480 e. The third kappa shape index (κ3) is 5.50. The number of hydrogen-bond acceptors (Lipinski definition) is 4. The number of para-hydroxylation sites is 1. The van der Waals surface area contributed by atoms with Crippen LogP contribution in [0.2, 0.25) is 5.02 Å².